The predicted octanol–water partition coefficient (Wildman–Crippen LogP) is 3.03. The molecule has 1 aromatic heterocycles. The maximum absolute atomic E-state index is 11.9. The van der Waals surface area contributed by atoms with Crippen LogP contribution in [0.2, 0.25) is 5.02 Å². The van der Waals surface area contributed by atoms with Gasteiger partial charge in [-0.2, -0.15) is 0 Å². The number of hydrogen-bond donors (Lipinski definition) is 1. The summed E-state index contributed by atoms with van der Waals surface area (Å²) in [7, 11) is 0. The molecular weight excluding hydrogens is 328 g/mol. The Morgan fingerprint density at radius 1 is 1.17 bits per heavy atom. The lowest BCUT2D eigenvalue weighted by atomic mass is 10.1. The summed E-state index contributed by atoms with van der Waals surface area (Å²) in [5, 5.41) is 3.46. The van der Waals surface area contributed by atoms with Gasteiger partial charge in [0, 0.05) is 31.5 Å². The van der Waals surface area contributed by atoms with E-state index in [9.17, 15) is 9.59 Å². The molecule has 0 saturated heterocycles. The smallest absolute Gasteiger partial charge is 0.222 e. The lowest BCUT2D eigenvalue weighted by Gasteiger charge is -2.20. The van der Waals surface area contributed by atoms with E-state index in [4.69, 9.17) is 16.0 Å². The first-order valence-electron chi connectivity index (χ1n) is 7.83. The van der Waals surface area contributed by atoms with E-state index in [1.54, 1.807) is 23.3 Å². The van der Waals surface area contributed by atoms with Gasteiger partial charge >= 0.3 is 0 Å². The lowest BCUT2D eigenvalue weighted by Crippen LogP contribution is -2.35. The first-order valence-corrected chi connectivity index (χ1v) is 8.21. The summed E-state index contributed by atoms with van der Waals surface area (Å²) in [6, 6.07) is 11.1. The van der Waals surface area contributed by atoms with E-state index in [2.05, 4.69) is 5.32 Å². The van der Waals surface area contributed by atoms with Gasteiger partial charge in [0.25, 0.3) is 0 Å². The van der Waals surface area contributed by atoms with Crippen LogP contribution in [0.25, 0.3) is 0 Å². The lowest BCUT2D eigenvalue weighted by molar-refractivity contribution is -0.129. The van der Waals surface area contributed by atoms with Crippen LogP contribution in [-0.2, 0) is 22.6 Å². The van der Waals surface area contributed by atoms with Crippen LogP contribution in [-0.4, -0.2) is 29.8 Å². The summed E-state index contributed by atoms with van der Waals surface area (Å²) in [6.45, 7) is 2.84. The standard InChI is InChI=1S/C18H21ClN2O3/c1-14(22)21(10-8-15-4-6-16(19)7-5-15)11-9-18(23)20-13-17-3-2-12-24-17/h2-7,12H,8-11,13H2,1H3,(H,20,23). The molecule has 24 heavy (non-hydrogen) atoms. The van der Waals surface area contributed by atoms with E-state index in [1.807, 2.05) is 24.3 Å². The molecule has 2 aromatic rings. The first-order chi connectivity index (χ1) is 11.5. The third kappa shape index (κ3) is 6.08. The van der Waals surface area contributed by atoms with Gasteiger partial charge in [-0.05, 0) is 36.2 Å². The number of carbonyl (C=O) groups excluding carboxylic acids is 2. The SMILES string of the molecule is CC(=O)N(CCC(=O)NCc1ccco1)CCc1ccc(Cl)cc1. The number of halogens is 1. The molecule has 0 fully saturated rings. The molecule has 6 heteroatoms. The van der Waals surface area contributed by atoms with Crippen molar-refractivity contribution in [3.63, 3.8) is 0 Å². The van der Waals surface area contributed by atoms with E-state index in [0.717, 1.165) is 12.0 Å². The van der Waals surface area contributed by atoms with Crippen LogP contribution in [0, 0.1) is 0 Å². The third-order valence-electron chi connectivity index (χ3n) is 3.68. The Bertz CT molecular complexity index is 653. The van der Waals surface area contributed by atoms with Gasteiger partial charge in [0.1, 0.15) is 5.76 Å². The quantitative estimate of drug-likeness (QED) is 0.797. The molecule has 2 rings (SSSR count). The van der Waals surface area contributed by atoms with Crippen LogP contribution in [0.1, 0.15) is 24.7 Å². The number of nitrogens with one attached hydrogen (secondary N) is 1. The van der Waals surface area contributed by atoms with Crippen molar-refractivity contribution in [2.45, 2.75) is 26.3 Å². The Hall–Kier alpha value is -2.27. The zero-order valence-electron chi connectivity index (χ0n) is 13.6. The number of carbonyl (C=O) groups is 2. The molecule has 128 valence electrons. The highest BCUT2D eigenvalue weighted by atomic mass is 35.5. The summed E-state index contributed by atoms with van der Waals surface area (Å²) in [5.74, 6) is 0.557. The summed E-state index contributed by atoms with van der Waals surface area (Å²) in [6.07, 6.45) is 2.56. The average molecular weight is 349 g/mol. The fraction of sp³-hybridized carbons (Fsp3) is 0.333. The molecule has 0 atom stereocenters. The molecule has 5 nitrogen and oxygen atoms in total. The Kier molecular flexibility index (Phi) is 6.88. The van der Waals surface area contributed by atoms with Gasteiger partial charge in [0.05, 0.1) is 12.8 Å². The molecule has 0 bridgehead atoms. The van der Waals surface area contributed by atoms with Crippen molar-refractivity contribution in [3.05, 3.63) is 59.0 Å². The van der Waals surface area contributed by atoms with Crippen molar-refractivity contribution in [2.75, 3.05) is 13.1 Å². The van der Waals surface area contributed by atoms with Gasteiger partial charge < -0.3 is 14.6 Å². The van der Waals surface area contributed by atoms with Crippen molar-refractivity contribution in [1.82, 2.24) is 10.2 Å². The van der Waals surface area contributed by atoms with Gasteiger partial charge in [-0.15, -0.1) is 0 Å². The molecule has 0 aliphatic carbocycles. The summed E-state index contributed by atoms with van der Waals surface area (Å²) in [4.78, 5) is 25.3. The Morgan fingerprint density at radius 2 is 1.92 bits per heavy atom. The summed E-state index contributed by atoms with van der Waals surface area (Å²) in [5.41, 5.74) is 1.10. The molecule has 0 aliphatic rings. The zero-order valence-corrected chi connectivity index (χ0v) is 14.4. The highest BCUT2D eigenvalue weighted by Gasteiger charge is 2.11. The third-order valence-corrected chi connectivity index (χ3v) is 3.93. The minimum Gasteiger partial charge on any atom is -0.467 e. The molecule has 1 N–H and O–H groups in total. The maximum atomic E-state index is 11.9. The Labute approximate surface area is 146 Å². The minimum absolute atomic E-state index is 0.0391. The summed E-state index contributed by atoms with van der Waals surface area (Å²) < 4.78 is 5.16. The van der Waals surface area contributed by atoms with Crippen LogP contribution < -0.4 is 5.32 Å². The number of nitrogens with zero attached hydrogens (tertiary/aromatic N) is 1. The minimum atomic E-state index is -0.107. The van der Waals surface area contributed by atoms with Crippen LogP contribution in [0.5, 0.6) is 0 Å². The second-order valence-corrected chi connectivity index (χ2v) is 5.93. The van der Waals surface area contributed by atoms with E-state index in [1.165, 1.54) is 6.92 Å². The Balaban J connectivity index is 1.75. The molecule has 1 heterocycles. The van der Waals surface area contributed by atoms with Crippen LogP contribution >= 0.6 is 11.6 Å². The molecule has 1 aromatic carbocycles. The van der Waals surface area contributed by atoms with Crippen molar-refractivity contribution in [2.24, 2.45) is 0 Å². The highest BCUT2D eigenvalue weighted by Crippen LogP contribution is 2.10. The van der Waals surface area contributed by atoms with E-state index in [0.29, 0.717) is 30.4 Å². The second-order valence-electron chi connectivity index (χ2n) is 5.49. The average Bonchev–Trinajstić information content (AvgIpc) is 3.07. The van der Waals surface area contributed by atoms with E-state index < -0.39 is 0 Å². The molecular formula is C18H21ClN2O3. The molecule has 2 amide bonds. The summed E-state index contributed by atoms with van der Waals surface area (Å²) >= 11 is 5.86. The molecule has 0 radical (unpaired) electrons. The Morgan fingerprint density at radius 3 is 2.54 bits per heavy atom. The normalized spacial score (nSPS) is 10.4. The first kappa shape index (κ1) is 18.1. The largest absolute Gasteiger partial charge is 0.467 e. The van der Waals surface area contributed by atoms with Crippen molar-refractivity contribution in [1.29, 1.82) is 0 Å². The fourth-order valence-electron chi connectivity index (χ4n) is 2.27. The van der Waals surface area contributed by atoms with Crippen LogP contribution in [0.3, 0.4) is 0 Å². The number of benzene rings is 1. The molecule has 0 saturated carbocycles. The predicted molar refractivity (Wildman–Crippen MR) is 92.6 cm³/mol. The van der Waals surface area contributed by atoms with E-state index >= 15 is 0 Å². The van der Waals surface area contributed by atoms with Gasteiger partial charge in [-0.1, -0.05) is 23.7 Å². The van der Waals surface area contributed by atoms with Crippen LogP contribution in [0.4, 0.5) is 0 Å². The number of amides is 2. The number of hydrogen-bond acceptors (Lipinski definition) is 3. The number of rotatable bonds is 8. The van der Waals surface area contributed by atoms with Crippen molar-refractivity contribution in [3.8, 4) is 0 Å². The van der Waals surface area contributed by atoms with E-state index in [-0.39, 0.29) is 18.2 Å². The van der Waals surface area contributed by atoms with Gasteiger partial charge in [0.2, 0.25) is 11.8 Å². The van der Waals surface area contributed by atoms with Crippen molar-refractivity contribution >= 4 is 23.4 Å². The zero-order chi connectivity index (χ0) is 17.4. The monoisotopic (exact) mass is 348 g/mol. The van der Waals surface area contributed by atoms with Gasteiger partial charge in [-0.3, -0.25) is 9.59 Å². The maximum Gasteiger partial charge on any atom is 0.222 e. The van der Waals surface area contributed by atoms with Gasteiger partial charge in [-0.25, -0.2) is 0 Å². The second kappa shape index (κ2) is 9.13. The van der Waals surface area contributed by atoms with Gasteiger partial charge in [0.15, 0.2) is 0 Å². The number of furan rings is 1. The topological polar surface area (TPSA) is 62.6 Å². The van der Waals surface area contributed by atoms with Crippen molar-refractivity contribution < 1.29 is 14.0 Å². The molecule has 0 aliphatic heterocycles. The molecule has 0 unspecified atom stereocenters. The van der Waals surface area contributed by atoms with Crippen LogP contribution in [0.15, 0.2) is 47.1 Å². The fourth-order valence-corrected chi connectivity index (χ4v) is 2.39. The molecule has 0 spiro atoms. The highest BCUT2D eigenvalue weighted by molar-refractivity contribution is 6.30.